The van der Waals surface area contributed by atoms with Gasteiger partial charge in [-0.25, -0.2) is 0 Å². The van der Waals surface area contributed by atoms with E-state index in [0.29, 0.717) is 10.7 Å². The molecule has 23 heavy (non-hydrogen) atoms. The number of ether oxygens (including phenoxy) is 1. The van der Waals surface area contributed by atoms with Crippen LogP contribution < -0.4 is 5.32 Å². The Morgan fingerprint density at radius 3 is 2.52 bits per heavy atom. The van der Waals surface area contributed by atoms with Crippen molar-refractivity contribution in [1.29, 1.82) is 0 Å². The topological polar surface area (TPSA) is 55.4 Å². The lowest BCUT2D eigenvalue weighted by Gasteiger charge is -2.09. The molecule has 6 heteroatoms. The van der Waals surface area contributed by atoms with Crippen molar-refractivity contribution < 1.29 is 14.3 Å². The monoisotopic (exact) mass is 395 g/mol. The number of anilines is 1. The van der Waals surface area contributed by atoms with Crippen LogP contribution in [-0.4, -0.2) is 18.5 Å². The lowest BCUT2D eigenvalue weighted by atomic mass is 10.1. The fraction of sp³-hybridized carbons (Fsp3) is 0.176. The van der Waals surface area contributed by atoms with Gasteiger partial charge in [0.15, 0.2) is 6.61 Å². The molecule has 1 amide bonds. The van der Waals surface area contributed by atoms with Crippen LogP contribution in [-0.2, 0) is 20.7 Å². The van der Waals surface area contributed by atoms with Crippen LogP contribution >= 0.6 is 27.5 Å². The molecule has 2 rings (SSSR count). The van der Waals surface area contributed by atoms with Crippen LogP contribution in [0.15, 0.2) is 46.9 Å². The lowest BCUT2D eigenvalue weighted by Crippen LogP contribution is -2.21. The largest absolute Gasteiger partial charge is 0.455 e. The Morgan fingerprint density at radius 1 is 1.17 bits per heavy atom. The third-order valence-electron chi connectivity index (χ3n) is 3.02. The molecule has 0 saturated carbocycles. The van der Waals surface area contributed by atoms with Gasteiger partial charge >= 0.3 is 5.97 Å². The quantitative estimate of drug-likeness (QED) is 0.773. The number of amides is 1. The van der Waals surface area contributed by atoms with Gasteiger partial charge in [0, 0.05) is 9.50 Å². The average molecular weight is 397 g/mol. The number of esters is 1. The summed E-state index contributed by atoms with van der Waals surface area (Å²) in [4.78, 5) is 23.5. The Kier molecular flexibility index (Phi) is 6.19. The minimum atomic E-state index is -0.467. The molecule has 0 aliphatic carbocycles. The minimum absolute atomic E-state index is 0.0959. The summed E-state index contributed by atoms with van der Waals surface area (Å²) in [5, 5.41) is 3.29. The van der Waals surface area contributed by atoms with Crippen molar-refractivity contribution in [3.05, 3.63) is 63.1 Å². The van der Waals surface area contributed by atoms with Crippen molar-refractivity contribution in [2.45, 2.75) is 13.3 Å². The highest BCUT2D eigenvalue weighted by molar-refractivity contribution is 9.10. The van der Waals surface area contributed by atoms with E-state index in [-0.39, 0.29) is 18.9 Å². The van der Waals surface area contributed by atoms with Crippen LogP contribution in [0.4, 0.5) is 5.69 Å². The van der Waals surface area contributed by atoms with Crippen LogP contribution in [0.2, 0.25) is 5.02 Å². The van der Waals surface area contributed by atoms with E-state index in [0.717, 1.165) is 15.6 Å². The highest BCUT2D eigenvalue weighted by Gasteiger charge is 2.10. The number of hydrogen-bond acceptors (Lipinski definition) is 3. The van der Waals surface area contributed by atoms with Crippen LogP contribution in [0, 0.1) is 6.92 Å². The maximum Gasteiger partial charge on any atom is 0.310 e. The van der Waals surface area contributed by atoms with Crippen molar-refractivity contribution >= 4 is 45.1 Å². The summed E-state index contributed by atoms with van der Waals surface area (Å²) < 4.78 is 5.75. The van der Waals surface area contributed by atoms with Gasteiger partial charge in [-0.2, -0.15) is 0 Å². The van der Waals surface area contributed by atoms with Crippen molar-refractivity contribution in [3.8, 4) is 0 Å². The predicted octanol–water partition coefficient (Wildman–Crippen LogP) is 4.14. The molecule has 0 aliphatic heterocycles. The molecule has 0 heterocycles. The Morgan fingerprint density at radius 2 is 1.87 bits per heavy atom. The first-order chi connectivity index (χ1) is 10.9. The van der Waals surface area contributed by atoms with Gasteiger partial charge in [-0.15, -0.1) is 0 Å². The SMILES string of the molecule is Cc1ccc(NC(=O)COC(=O)Cc2ccc(Cl)cc2)c(Br)c1. The van der Waals surface area contributed by atoms with E-state index >= 15 is 0 Å². The van der Waals surface area contributed by atoms with Crippen molar-refractivity contribution in [1.82, 2.24) is 0 Å². The molecule has 0 bridgehead atoms. The zero-order valence-electron chi connectivity index (χ0n) is 12.4. The molecule has 0 spiro atoms. The summed E-state index contributed by atoms with van der Waals surface area (Å²) in [6.07, 6.45) is 0.0959. The Balaban J connectivity index is 1.81. The highest BCUT2D eigenvalue weighted by atomic mass is 79.9. The van der Waals surface area contributed by atoms with E-state index in [9.17, 15) is 9.59 Å². The van der Waals surface area contributed by atoms with Crippen LogP contribution in [0.5, 0.6) is 0 Å². The molecule has 120 valence electrons. The van der Waals surface area contributed by atoms with Crippen molar-refractivity contribution in [3.63, 3.8) is 0 Å². The number of halogens is 2. The van der Waals surface area contributed by atoms with Gasteiger partial charge in [0.1, 0.15) is 0 Å². The molecule has 1 N–H and O–H groups in total. The maximum atomic E-state index is 11.8. The molecule has 4 nitrogen and oxygen atoms in total. The minimum Gasteiger partial charge on any atom is -0.455 e. The summed E-state index contributed by atoms with van der Waals surface area (Å²) in [5.74, 6) is -0.857. The molecule has 2 aromatic carbocycles. The number of carbonyl (C=O) groups is 2. The van der Waals surface area contributed by atoms with E-state index in [4.69, 9.17) is 16.3 Å². The Hall–Kier alpha value is -1.85. The molecule has 0 saturated heterocycles. The summed E-state index contributed by atoms with van der Waals surface area (Å²) in [5.41, 5.74) is 2.49. The fourth-order valence-electron chi connectivity index (χ4n) is 1.87. The third-order valence-corrected chi connectivity index (χ3v) is 3.93. The zero-order chi connectivity index (χ0) is 16.8. The average Bonchev–Trinajstić information content (AvgIpc) is 2.50. The number of benzene rings is 2. The van der Waals surface area contributed by atoms with Crippen LogP contribution in [0.25, 0.3) is 0 Å². The fourth-order valence-corrected chi connectivity index (χ4v) is 2.59. The molecule has 0 aromatic heterocycles. The lowest BCUT2D eigenvalue weighted by molar-refractivity contribution is -0.146. The molecular formula is C17H15BrClNO3. The van der Waals surface area contributed by atoms with E-state index in [2.05, 4.69) is 21.2 Å². The molecule has 0 unspecified atom stereocenters. The summed E-state index contributed by atoms with van der Waals surface area (Å²) in [6.45, 7) is 1.63. The summed E-state index contributed by atoms with van der Waals surface area (Å²) in [6, 6.07) is 12.4. The number of carbonyl (C=O) groups excluding carboxylic acids is 2. The highest BCUT2D eigenvalue weighted by Crippen LogP contribution is 2.23. The van der Waals surface area contributed by atoms with E-state index in [1.807, 2.05) is 19.1 Å². The first-order valence-electron chi connectivity index (χ1n) is 6.90. The van der Waals surface area contributed by atoms with Crippen molar-refractivity contribution in [2.24, 2.45) is 0 Å². The second kappa shape index (κ2) is 8.13. The number of nitrogens with one attached hydrogen (secondary N) is 1. The second-order valence-electron chi connectivity index (χ2n) is 5.00. The molecule has 0 fully saturated rings. The first-order valence-corrected chi connectivity index (χ1v) is 8.07. The first kappa shape index (κ1) is 17.5. The third kappa shape index (κ3) is 5.69. The summed E-state index contributed by atoms with van der Waals surface area (Å²) in [7, 11) is 0. The number of aryl methyl sites for hydroxylation is 1. The van der Waals surface area contributed by atoms with Crippen LogP contribution in [0.3, 0.4) is 0 Å². The standard InChI is InChI=1S/C17H15BrClNO3/c1-11-2-7-15(14(18)8-11)20-16(21)10-23-17(22)9-12-3-5-13(19)6-4-12/h2-8H,9-10H2,1H3,(H,20,21). The summed E-state index contributed by atoms with van der Waals surface area (Å²) >= 11 is 9.15. The Labute approximate surface area is 147 Å². The van der Waals surface area contributed by atoms with E-state index < -0.39 is 5.97 Å². The van der Waals surface area contributed by atoms with E-state index in [1.54, 1.807) is 30.3 Å². The van der Waals surface area contributed by atoms with Gasteiger partial charge in [-0.05, 0) is 58.2 Å². The molecular weight excluding hydrogens is 382 g/mol. The molecule has 0 radical (unpaired) electrons. The van der Waals surface area contributed by atoms with Crippen molar-refractivity contribution in [2.75, 3.05) is 11.9 Å². The number of rotatable bonds is 5. The normalized spacial score (nSPS) is 10.2. The van der Waals surface area contributed by atoms with Gasteiger partial charge in [0.05, 0.1) is 12.1 Å². The second-order valence-corrected chi connectivity index (χ2v) is 6.29. The predicted molar refractivity (Wildman–Crippen MR) is 93.6 cm³/mol. The number of hydrogen-bond donors (Lipinski definition) is 1. The van der Waals surface area contributed by atoms with Gasteiger partial charge in [0.2, 0.25) is 0 Å². The Bertz CT molecular complexity index is 716. The van der Waals surface area contributed by atoms with E-state index in [1.165, 1.54) is 0 Å². The molecule has 2 aromatic rings. The van der Waals surface area contributed by atoms with Gasteiger partial charge in [-0.3, -0.25) is 9.59 Å². The smallest absolute Gasteiger partial charge is 0.310 e. The van der Waals surface area contributed by atoms with Gasteiger partial charge in [-0.1, -0.05) is 29.8 Å². The van der Waals surface area contributed by atoms with Crippen LogP contribution in [0.1, 0.15) is 11.1 Å². The molecule has 0 aliphatic rings. The maximum absolute atomic E-state index is 11.8. The van der Waals surface area contributed by atoms with Gasteiger partial charge < -0.3 is 10.1 Å². The van der Waals surface area contributed by atoms with Gasteiger partial charge in [0.25, 0.3) is 5.91 Å². The molecule has 0 atom stereocenters. The zero-order valence-corrected chi connectivity index (χ0v) is 14.8.